The summed E-state index contributed by atoms with van der Waals surface area (Å²) in [6.07, 6.45) is 0.491. The van der Waals surface area contributed by atoms with Gasteiger partial charge >= 0.3 is 0 Å². The normalized spacial score (nSPS) is 16.2. The van der Waals surface area contributed by atoms with Crippen molar-refractivity contribution in [2.24, 2.45) is 0 Å². The van der Waals surface area contributed by atoms with Crippen LogP contribution in [0.25, 0.3) is 0 Å². The van der Waals surface area contributed by atoms with Gasteiger partial charge in [0.2, 0.25) is 5.91 Å². The summed E-state index contributed by atoms with van der Waals surface area (Å²) in [4.78, 5) is 17.1. The highest BCUT2D eigenvalue weighted by Gasteiger charge is 2.18. The third kappa shape index (κ3) is 4.68. The van der Waals surface area contributed by atoms with Gasteiger partial charge in [0.1, 0.15) is 0 Å². The van der Waals surface area contributed by atoms with Gasteiger partial charge in [-0.3, -0.25) is 4.79 Å². The maximum atomic E-state index is 12.1. The number of carbonyl (C=O) groups excluding carboxylic acids is 1. The van der Waals surface area contributed by atoms with Crippen molar-refractivity contribution in [2.75, 3.05) is 39.0 Å². The van der Waals surface area contributed by atoms with E-state index in [-0.39, 0.29) is 21.7 Å². The second-order valence-electron chi connectivity index (χ2n) is 5.02. The van der Waals surface area contributed by atoms with E-state index in [0.29, 0.717) is 12.2 Å². The number of hydrogen-bond donors (Lipinski definition) is 1. The van der Waals surface area contributed by atoms with E-state index in [1.54, 1.807) is 12.1 Å². The van der Waals surface area contributed by atoms with Crippen molar-refractivity contribution >= 4 is 40.9 Å². The minimum atomic E-state index is -0.101. The zero-order valence-corrected chi connectivity index (χ0v) is 14.1. The highest BCUT2D eigenvalue weighted by Crippen LogP contribution is 2.36. The highest BCUT2D eigenvalue weighted by atomic mass is 35.5. The minimum absolute atomic E-state index is 0.101. The Balaban J connectivity index is 1.80. The number of halogens is 2. The van der Waals surface area contributed by atoms with E-state index in [1.165, 1.54) is 11.8 Å². The Labute approximate surface area is 139 Å². The van der Waals surface area contributed by atoms with E-state index < -0.39 is 0 Å². The van der Waals surface area contributed by atoms with Crippen molar-refractivity contribution in [2.45, 2.75) is 11.3 Å². The summed E-state index contributed by atoms with van der Waals surface area (Å²) in [6, 6.07) is 3.32. The topological polar surface area (TPSA) is 43.8 Å². The summed E-state index contributed by atoms with van der Waals surface area (Å²) >= 11 is 13.2. The second kappa shape index (κ2) is 7.58. The molecule has 0 atom stereocenters. The van der Waals surface area contributed by atoms with Crippen molar-refractivity contribution in [3.63, 3.8) is 0 Å². The molecule has 1 aliphatic rings. The monoisotopic (exact) mass is 348 g/mol. The molecule has 0 unspecified atom stereocenters. The molecule has 116 valence electrons. The molecule has 1 aliphatic heterocycles. The van der Waals surface area contributed by atoms with Crippen molar-refractivity contribution in [3.8, 4) is 5.75 Å². The lowest BCUT2D eigenvalue weighted by atomic mass is 10.3. The Bertz CT molecular complexity index is 497. The van der Waals surface area contributed by atoms with E-state index in [9.17, 15) is 9.90 Å². The number of phenols is 1. The number of carbonyl (C=O) groups is 1. The van der Waals surface area contributed by atoms with Gasteiger partial charge in [0.05, 0.1) is 10.0 Å². The molecule has 1 amide bonds. The van der Waals surface area contributed by atoms with E-state index in [0.717, 1.165) is 31.1 Å². The maximum Gasteiger partial charge on any atom is 0.223 e. The molecule has 1 fully saturated rings. The SMILES string of the molecule is CN1CCN(C(=O)CCSc2cc(Cl)c(O)c(Cl)c2)CC1. The Hall–Kier alpha value is -0.620. The van der Waals surface area contributed by atoms with Gasteiger partial charge in [0, 0.05) is 43.2 Å². The van der Waals surface area contributed by atoms with Gasteiger partial charge in [0.25, 0.3) is 0 Å². The van der Waals surface area contributed by atoms with Gasteiger partial charge in [-0.2, -0.15) is 0 Å². The fourth-order valence-electron chi connectivity index (χ4n) is 2.10. The van der Waals surface area contributed by atoms with Gasteiger partial charge in [0.15, 0.2) is 5.75 Å². The molecule has 1 heterocycles. The molecule has 1 aromatic carbocycles. The third-order valence-electron chi connectivity index (χ3n) is 3.43. The lowest BCUT2D eigenvalue weighted by Gasteiger charge is -2.32. The Morgan fingerprint density at radius 3 is 2.38 bits per heavy atom. The molecule has 0 aromatic heterocycles. The number of amides is 1. The van der Waals surface area contributed by atoms with Crippen molar-refractivity contribution in [1.82, 2.24) is 9.80 Å². The molecule has 4 nitrogen and oxygen atoms in total. The molecule has 0 aliphatic carbocycles. The smallest absolute Gasteiger partial charge is 0.223 e. The van der Waals surface area contributed by atoms with Gasteiger partial charge in [-0.15, -0.1) is 11.8 Å². The summed E-state index contributed by atoms with van der Waals surface area (Å²) in [5, 5.41) is 9.96. The largest absolute Gasteiger partial charge is 0.505 e. The molecule has 0 spiro atoms. The molecule has 2 rings (SSSR count). The maximum absolute atomic E-state index is 12.1. The number of rotatable bonds is 4. The van der Waals surface area contributed by atoms with E-state index in [1.807, 2.05) is 4.90 Å². The first-order valence-electron chi connectivity index (χ1n) is 6.74. The van der Waals surface area contributed by atoms with Crippen molar-refractivity contribution < 1.29 is 9.90 Å². The van der Waals surface area contributed by atoms with E-state index >= 15 is 0 Å². The molecular weight excluding hydrogens is 331 g/mol. The van der Waals surface area contributed by atoms with Crippen LogP contribution in [0.2, 0.25) is 10.0 Å². The van der Waals surface area contributed by atoms with Crippen LogP contribution in [0.3, 0.4) is 0 Å². The van der Waals surface area contributed by atoms with E-state index in [4.69, 9.17) is 23.2 Å². The van der Waals surface area contributed by atoms with Crippen LogP contribution in [-0.4, -0.2) is 59.8 Å². The molecule has 1 saturated heterocycles. The molecule has 21 heavy (non-hydrogen) atoms. The molecule has 0 bridgehead atoms. The standard InChI is InChI=1S/C14H18Cl2N2O2S/c1-17-3-5-18(6-4-17)13(19)2-7-21-10-8-11(15)14(20)12(16)9-10/h8-9,20H,2-7H2,1H3. The zero-order chi connectivity index (χ0) is 15.4. The summed E-state index contributed by atoms with van der Waals surface area (Å²) < 4.78 is 0. The van der Waals surface area contributed by atoms with Crippen LogP contribution in [0.1, 0.15) is 6.42 Å². The van der Waals surface area contributed by atoms with E-state index in [2.05, 4.69) is 11.9 Å². The Kier molecular flexibility index (Phi) is 6.05. The van der Waals surface area contributed by atoms with Crippen molar-refractivity contribution in [3.05, 3.63) is 22.2 Å². The highest BCUT2D eigenvalue weighted by molar-refractivity contribution is 7.99. The lowest BCUT2D eigenvalue weighted by molar-refractivity contribution is -0.132. The van der Waals surface area contributed by atoms with Gasteiger partial charge in [-0.25, -0.2) is 0 Å². The first-order chi connectivity index (χ1) is 9.97. The molecular formula is C14H18Cl2N2O2S. The Morgan fingerprint density at radius 2 is 1.81 bits per heavy atom. The van der Waals surface area contributed by atoms with Crippen molar-refractivity contribution in [1.29, 1.82) is 0 Å². The fraction of sp³-hybridized carbons (Fsp3) is 0.500. The molecule has 7 heteroatoms. The first-order valence-corrected chi connectivity index (χ1v) is 8.48. The molecule has 0 saturated carbocycles. The van der Waals surface area contributed by atoms with Crippen LogP contribution in [0, 0.1) is 0 Å². The average Bonchev–Trinajstić information content (AvgIpc) is 2.45. The summed E-state index contributed by atoms with van der Waals surface area (Å²) in [5.74, 6) is 0.755. The number of thioether (sulfide) groups is 1. The average molecular weight is 349 g/mol. The van der Waals surface area contributed by atoms with Crippen LogP contribution in [0.4, 0.5) is 0 Å². The zero-order valence-electron chi connectivity index (χ0n) is 11.8. The van der Waals surface area contributed by atoms with Crippen LogP contribution < -0.4 is 0 Å². The summed E-state index contributed by atoms with van der Waals surface area (Å²) in [5.41, 5.74) is 0. The quantitative estimate of drug-likeness (QED) is 0.849. The number of piperazine rings is 1. The number of likely N-dealkylation sites (N-methyl/N-ethyl adjacent to an activating group) is 1. The van der Waals surface area contributed by atoms with Crippen LogP contribution in [0.15, 0.2) is 17.0 Å². The van der Waals surface area contributed by atoms with Crippen LogP contribution in [0.5, 0.6) is 5.75 Å². The van der Waals surface area contributed by atoms with Gasteiger partial charge in [-0.05, 0) is 19.2 Å². The number of phenolic OH excluding ortho intramolecular Hbond substituents is 1. The second-order valence-corrected chi connectivity index (χ2v) is 7.00. The van der Waals surface area contributed by atoms with Crippen LogP contribution in [-0.2, 0) is 4.79 Å². The summed E-state index contributed by atoms with van der Waals surface area (Å²) in [6.45, 7) is 3.47. The third-order valence-corrected chi connectivity index (χ3v) is 4.98. The lowest BCUT2D eigenvalue weighted by Crippen LogP contribution is -2.47. The molecule has 0 radical (unpaired) electrons. The number of aromatic hydroxyl groups is 1. The number of nitrogens with zero attached hydrogens (tertiary/aromatic N) is 2. The fourth-order valence-corrected chi connectivity index (χ4v) is 3.63. The Morgan fingerprint density at radius 1 is 1.24 bits per heavy atom. The van der Waals surface area contributed by atoms with Crippen LogP contribution >= 0.6 is 35.0 Å². The van der Waals surface area contributed by atoms with Gasteiger partial charge in [-0.1, -0.05) is 23.2 Å². The molecule has 1 aromatic rings. The predicted octanol–water partition coefficient (Wildman–Crippen LogP) is 2.96. The minimum Gasteiger partial charge on any atom is -0.505 e. The summed E-state index contributed by atoms with van der Waals surface area (Å²) in [7, 11) is 2.07. The number of benzene rings is 1. The van der Waals surface area contributed by atoms with Gasteiger partial charge < -0.3 is 14.9 Å². The molecule has 1 N–H and O–H groups in total. The predicted molar refractivity (Wildman–Crippen MR) is 87.5 cm³/mol. The first kappa shape index (κ1) is 16.7. The number of hydrogen-bond acceptors (Lipinski definition) is 4.